The molecular weight excluding hydrogens is 254 g/mol. The Morgan fingerprint density at radius 1 is 1.25 bits per heavy atom. The van der Waals surface area contributed by atoms with Gasteiger partial charge in [-0.15, -0.1) is 0 Å². The molecule has 0 radical (unpaired) electrons. The van der Waals surface area contributed by atoms with Crippen LogP contribution in [0.5, 0.6) is 0 Å². The first kappa shape index (κ1) is 14.3. The molecule has 1 amide bonds. The number of aliphatic hydroxyl groups is 1. The fourth-order valence-corrected chi connectivity index (χ4v) is 1.78. The minimum Gasteiger partial charge on any atom is -0.459 e. The number of amides is 1. The lowest BCUT2D eigenvalue weighted by atomic mass is 9.98. The van der Waals surface area contributed by atoms with E-state index in [1.54, 1.807) is 26.8 Å². The lowest BCUT2D eigenvalue weighted by Crippen LogP contribution is -2.51. The van der Waals surface area contributed by atoms with Crippen LogP contribution in [0.2, 0.25) is 0 Å². The summed E-state index contributed by atoms with van der Waals surface area (Å²) in [4.78, 5) is 12.3. The number of rotatable bonds is 4. The van der Waals surface area contributed by atoms with Crippen LogP contribution in [0, 0.1) is 0 Å². The van der Waals surface area contributed by atoms with Gasteiger partial charge in [-0.3, -0.25) is 4.79 Å². The van der Waals surface area contributed by atoms with Crippen molar-refractivity contribution >= 4 is 5.91 Å². The summed E-state index contributed by atoms with van der Waals surface area (Å²) >= 11 is 0. The summed E-state index contributed by atoms with van der Waals surface area (Å²) in [5, 5.41) is 12.5. The fourth-order valence-electron chi connectivity index (χ4n) is 1.78. The highest BCUT2D eigenvalue weighted by atomic mass is 16.3. The van der Waals surface area contributed by atoms with E-state index < -0.39 is 11.6 Å². The Morgan fingerprint density at radius 3 is 2.50 bits per heavy atom. The smallest absolute Gasteiger partial charge is 0.288 e. The molecule has 0 fully saturated rings. The molecule has 2 N–H and O–H groups in total. The van der Waals surface area contributed by atoms with Gasteiger partial charge in [0.05, 0.1) is 17.9 Å². The van der Waals surface area contributed by atoms with Crippen LogP contribution in [0.1, 0.15) is 31.3 Å². The largest absolute Gasteiger partial charge is 0.459 e. The molecule has 0 saturated heterocycles. The second-order valence-electron chi connectivity index (χ2n) is 5.38. The Balaban J connectivity index is 2.27. The molecule has 4 heteroatoms. The molecule has 0 aliphatic carbocycles. The molecule has 1 unspecified atom stereocenters. The van der Waals surface area contributed by atoms with Gasteiger partial charge >= 0.3 is 0 Å². The molecule has 0 bridgehead atoms. The summed E-state index contributed by atoms with van der Waals surface area (Å²) in [5.74, 6) is -0.0790. The van der Waals surface area contributed by atoms with E-state index >= 15 is 0 Å². The summed E-state index contributed by atoms with van der Waals surface area (Å²) in [6.07, 6.45) is 0.827. The number of aliphatic hydroxyl groups excluding tert-OH is 1. The molecule has 2 aromatic rings. The van der Waals surface area contributed by atoms with Crippen molar-refractivity contribution in [2.75, 3.05) is 0 Å². The van der Waals surface area contributed by atoms with Crippen molar-refractivity contribution in [1.29, 1.82) is 0 Å². The van der Waals surface area contributed by atoms with Crippen LogP contribution in [0.4, 0.5) is 0 Å². The van der Waals surface area contributed by atoms with Crippen LogP contribution in [-0.2, 0) is 0 Å². The number of nitrogens with one attached hydrogen (secondary N) is 1. The zero-order valence-corrected chi connectivity index (χ0v) is 11.9. The molecule has 2 rings (SSSR count). The highest BCUT2D eigenvalue weighted by Gasteiger charge is 2.28. The topological polar surface area (TPSA) is 62.5 Å². The van der Waals surface area contributed by atoms with E-state index in [1.807, 2.05) is 30.3 Å². The van der Waals surface area contributed by atoms with Gasteiger partial charge in [0.15, 0.2) is 5.76 Å². The summed E-state index contributed by atoms with van der Waals surface area (Å²) < 4.78 is 5.31. The quantitative estimate of drug-likeness (QED) is 0.900. The minimum absolute atomic E-state index is 0.255. The zero-order chi connectivity index (χ0) is 14.8. The van der Waals surface area contributed by atoms with Gasteiger partial charge < -0.3 is 14.8 Å². The Morgan fingerprint density at radius 2 is 1.90 bits per heavy atom. The van der Waals surface area contributed by atoms with Gasteiger partial charge in [-0.2, -0.15) is 0 Å². The maximum atomic E-state index is 12.3. The number of carbonyl (C=O) groups excluding carboxylic acids is 1. The Hall–Kier alpha value is -2.07. The number of hydrogen-bond donors (Lipinski definition) is 2. The second-order valence-corrected chi connectivity index (χ2v) is 5.38. The first-order chi connectivity index (χ1) is 9.42. The van der Waals surface area contributed by atoms with Crippen LogP contribution < -0.4 is 5.32 Å². The Bertz CT molecular complexity index is 585. The highest BCUT2D eigenvalue weighted by molar-refractivity contribution is 5.98. The van der Waals surface area contributed by atoms with Crippen molar-refractivity contribution in [2.45, 2.75) is 32.4 Å². The molecular formula is C16H19NO3. The van der Waals surface area contributed by atoms with Crippen molar-refractivity contribution in [3.63, 3.8) is 0 Å². The van der Waals surface area contributed by atoms with Gasteiger partial charge in [0.2, 0.25) is 0 Å². The number of furan rings is 1. The molecule has 1 aromatic carbocycles. The predicted molar refractivity (Wildman–Crippen MR) is 77.4 cm³/mol. The van der Waals surface area contributed by atoms with E-state index in [2.05, 4.69) is 5.32 Å². The Labute approximate surface area is 118 Å². The maximum Gasteiger partial charge on any atom is 0.288 e. The monoisotopic (exact) mass is 273 g/mol. The molecule has 0 aliphatic rings. The van der Waals surface area contributed by atoms with Crippen molar-refractivity contribution in [3.05, 3.63) is 48.4 Å². The average Bonchev–Trinajstić information content (AvgIpc) is 2.88. The van der Waals surface area contributed by atoms with Crippen molar-refractivity contribution in [3.8, 4) is 11.1 Å². The van der Waals surface area contributed by atoms with Crippen LogP contribution in [0.3, 0.4) is 0 Å². The van der Waals surface area contributed by atoms with E-state index in [9.17, 15) is 9.90 Å². The second kappa shape index (κ2) is 5.51. The molecule has 0 aliphatic heterocycles. The standard InChI is InChI=1S/C16H19NO3/c1-11(18)16(2,3)17-15(19)14-13(9-10-20-14)12-7-5-4-6-8-12/h4-11,18H,1-3H3,(H,17,19). The van der Waals surface area contributed by atoms with E-state index in [1.165, 1.54) is 6.26 Å². The van der Waals surface area contributed by atoms with Crippen LogP contribution in [0.25, 0.3) is 11.1 Å². The van der Waals surface area contributed by atoms with Gasteiger partial charge in [-0.1, -0.05) is 30.3 Å². The third kappa shape index (κ3) is 2.91. The normalized spacial score (nSPS) is 13.0. The van der Waals surface area contributed by atoms with Crippen molar-refractivity contribution in [2.24, 2.45) is 0 Å². The summed E-state index contributed by atoms with van der Waals surface area (Å²) in [6, 6.07) is 11.3. The van der Waals surface area contributed by atoms with Gasteiger partial charge in [0.25, 0.3) is 5.91 Å². The van der Waals surface area contributed by atoms with Gasteiger partial charge in [0, 0.05) is 5.56 Å². The number of carbonyl (C=O) groups is 1. The average molecular weight is 273 g/mol. The third-order valence-corrected chi connectivity index (χ3v) is 3.44. The van der Waals surface area contributed by atoms with Gasteiger partial charge in [-0.05, 0) is 32.4 Å². The molecule has 0 saturated carbocycles. The van der Waals surface area contributed by atoms with Crippen molar-refractivity contribution in [1.82, 2.24) is 5.32 Å². The zero-order valence-electron chi connectivity index (χ0n) is 11.9. The Kier molecular flexibility index (Phi) is 3.95. The number of benzene rings is 1. The molecule has 1 aromatic heterocycles. The maximum absolute atomic E-state index is 12.3. The van der Waals surface area contributed by atoms with E-state index in [0.717, 1.165) is 11.1 Å². The molecule has 1 atom stereocenters. The van der Waals surface area contributed by atoms with E-state index in [-0.39, 0.29) is 11.7 Å². The lowest BCUT2D eigenvalue weighted by Gasteiger charge is -2.28. The van der Waals surface area contributed by atoms with E-state index in [0.29, 0.717) is 0 Å². The fraction of sp³-hybridized carbons (Fsp3) is 0.312. The predicted octanol–water partition coefficient (Wildman–Crippen LogP) is 2.84. The highest BCUT2D eigenvalue weighted by Crippen LogP contribution is 2.25. The van der Waals surface area contributed by atoms with E-state index in [4.69, 9.17) is 4.42 Å². The molecule has 106 valence electrons. The molecule has 0 spiro atoms. The molecule has 1 heterocycles. The van der Waals surface area contributed by atoms with Crippen LogP contribution >= 0.6 is 0 Å². The first-order valence-corrected chi connectivity index (χ1v) is 6.55. The minimum atomic E-state index is -0.724. The summed E-state index contributed by atoms with van der Waals surface area (Å²) in [7, 11) is 0. The van der Waals surface area contributed by atoms with Gasteiger partial charge in [0.1, 0.15) is 0 Å². The SMILES string of the molecule is CC(O)C(C)(C)NC(=O)c1occc1-c1ccccc1. The van der Waals surface area contributed by atoms with Crippen LogP contribution in [-0.4, -0.2) is 22.7 Å². The molecule has 4 nitrogen and oxygen atoms in total. The summed E-state index contributed by atoms with van der Waals surface area (Å²) in [5.41, 5.74) is 0.934. The van der Waals surface area contributed by atoms with Crippen LogP contribution in [0.15, 0.2) is 47.1 Å². The molecule has 20 heavy (non-hydrogen) atoms. The summed E-state index contributed by atoms with van der Waals surface area (Å²) in [6.45, 7) is 5.17. The number of hydrogen-bond acceptors (Lipinski definition) is 3. The third-order valence-electron chi connectivity index (χ3n) is 3.44. The van der Waals surface area contributed by atoms with Gasteiger partial charge in [-0.25, -0.2) is 0 Å². The lowest BCUT2D eigenvalue weighted by molar-refractivity contribution is 0.0688. The van der Waals surface area contributed by atoms with Crippen molar-refractivity contribution < 1.29 is 14.3 Å². The first-order valence-electron chi connectivity index (χ1n) is 6.55.